The van der Waals surface area contributed by atoms with Gasteiger partial charge in [-0.05, 0) is 67.3 Å². The summed E-state index contributed by atoms with van der Waals surface area (Å²) in [6, 6.07) is 16.2. The molecular formula is C33H39N7O4. The number of hydrogen-bond donors (Lipinski definition) is 4. The second-order valence-corrected chi connectivity index (χ2v) is 11.2. The first-order valence-corrected chi connectivity index (χ1v) is 14.9. The highest BCUT2D eigenvalue weighted by atomic mass is 16.5. The zero-order valence-electron chi connectivity index (χ0n) is 25.1. The fraction of sp³-hybridized carbons (Fsp3) is 0.333. The van der Waals surface area contributed by atoms with Gasteiger partial charge in [-0.1, -0.05) is 38.6 Å². The van der Waals surface area contributed by atoms with Crippen molar-refractivity contribution in [2.75, 3.05) is 42.2 Å². The molecule has 44 heavy (non-hydrogen) atoms. The molecular weight excluding hydrogens is 558 g/mol. The number of aliphatic hydroxyl groups is 1. The molecule has 1 atom stereocenters. The third-order valence-corrected chi connectivity index (χ3v) is 7.50. The zero-order chi connectivity index (χ0) is 31.1. The summed E-state index contributed by atoms with van der Waals surface area (Å²) in [5.74, 6) is 0.873. The Morgan fingerprint density at radius 3 is 2.70 bits per heavy atom. The van der Waals surface area contributed by atoms with Crippen molar-refractivity contribution >= 4 is 34.7 Å². The standard InChI is InChI=1S/C33H39N7O4/c1-4-30(42)36-26-11-6-9-24(17-26)33(43)37-25-10-5-8-23(16-25)19-34-29-18-31(38-32-28(22(2)3)20-35-40(29)32)44-27-12-7-13-39(21-27)14-15-41/h4-6,8-11,16-18,20,22,27,34,41H,1,7,12-15,19,21H2,2-3H3,(H,36,42)(H,37,43)/t27-/m1/s1. The highest BCUT2D eigenvalue weighted by molar-refractivity contribution is 6.06. The van der Waals surface area contributed by atoms with Gasteiger partial charge in [0.15, 0.2) is 5.65 Å². The minimum absolute atomic E-state index is 0.0113. The average Bonchev–Trinajstić information content (AvgIpc) is 3.45. The van der Waals surface area contributed by atoms with Crippen LogP contribution < -0.4 is 20.7 Å². The van der Waals surface area contributed by atoms with E-state index < -0.39 is 0 Å². The Kier molecular flexibility index (Phi) is 9.88. The second kappa shape index (κ2) is 14.2. The molecule has 230 valence electrons. The Morgan fingerprint density at radius 2 is 1.93 bits per heavy atom. The van der Waals surface area contributed by atoms with E-state index in [9.17, 15) is 14.7 Å². The molecule has 0 saturated carbocycles. The lowest BCUT2D eigenvalue weighted by Gasteiger charge is -2.32. The van der Waals surface area contributed by atoms with Gasteiger partial charge in [-0.15, -0.1) is 0 Å². The number of anilines is 3. The van der Waals surface area contributed by atoms with Crippen LogP contribution in [-0.2, 0) is 11.3 Å². The van der Waals surface area contributed by atoms with E-state index in [0.29, 0.717) is 35.9 Å². The number of rotatable bonds is 12. The van der Waals surface area contributed by atoms with Gasteiger partial charge in [-0.2, -0.15) is 14.6 Å². The van der Waals surface area contributed by atoms with Gasteiger partial charge in [-0.3, -0.25) is 14.5 Å². The van der Waals surface area contributed by atoms with Crippen molar-refractivity contribution in [3.8, 4) is 5.88 Å². The molecule has 2 amide bonds. The summed E-state index contributed by atoms with van der Waals surface area (Å²) in [6.45, 7) is 10.6. The predicted molar refractivity (Wildman–Crippen MR) is 171 cm³/mol. The van der Waals surface area contributed by atoms with Crippen molar-refractivity contribution < 1.29 is 19.4 Å². The van der Waals surface area contributed by atoms with Crippen molar-refractivity contribution in [1.82, 2.24) is 19.5 Å². The molecule has 1 aliphatic rings. The Labute approximate surface area is 256 Å². The van der Waals surface area contributed by atoms with Gasteiger partial charge < -0.3 is 25.8 Å². The van der Waals surface area contributed by atoms with Gasteiger partial charge in [0.25, 0.3) is 5.91 Å². The summed E-state index contributed by atoms with van der Waals surface area (Å²) in [4.78, 5) is 31.7. The third kappa shape index (κ3) is 7.61. The number of carbonyl (C=O) groups is 2. The zero-order valence-corrected chi connectivity index (χ0v) is 25.1. The van der Waals surface area contributed by atoms with Gasteiger partial charge in [-0.25, -0.2) is 0 Å². The normalized spacial score (nSPS) is 15.2. The van der Waals surface area contributed by atoms with Gasteiger partial charge >= 0.3 is 0 Å². The first-order valence-electron chi connectivity index (χ1n) is 14.9. The van der Waals surface area contributed by atoms with Crippen LogP contribution in [-0.4, -0.2) is 68.8 Å². The smallest absolute Gasteiger partial charge is 0.255 e. The van der Waals surface area contributed by atoms with Crippen molar-refractivity contribution in [3.05, 3.63) is 90.1 Å². The molecule has 0 bridgehead atoms. The summed E-state index contributed by atoms with van der Waals surface area (Å²) in [7, 11) is 0. The van der Waals surface area contributed by atoms with E-state index in [-0.39, 0.29) is 30.4 Å². The number of benzene rings is 2. The highest BCUT2D eigenvalue weighted by Crippen LogP contribution is 2.27. The fourth-order valence-electron chi connectivity index (χ4n) is 5.26. The Balaban J connectivity index is 1.31. The van der Waals surface area contributed by atoms with E-state index in [2.05, 4.69) is 46.4 Å². The molecule has 1 fully saturated rings. The average molecular weight is 598 g/mol. The summed E-state index contributed by atoms with van der Waals surface area (Å²) in [5.41, 5.74) is 4.30. The lowest BCUT2D eigenvalue weighted by Crippen LogP contribution is -2.42. The van der Waals surface area contributed by atoms with E-state index in [1.165, 1.54) is 6.08 Å². The van der Waals surface area contributed by atoms with Gasteiger partial charge in [0.05, 0.1) is 12.8 Å². The van der Waals surface area contributed by atoms with Crippen molar-refractivity contribution in [3.63, 3.8) is 0 Å². The maximum Gasteiger partial charge on any atom is 0.255 e. The van der Waals surface area contributed by atoms with Crippen molar-refractivity contribution in [1.29, 1.82) is 0 Å². The number of nitrogens with one attached hydrogen (secondary N) is 3. The number of carbonyl (C=O) groups excluding carboxylic acids is 2. The van der Waals surface area contributed by atoms with Gasteiger partial charge in [0.2, 0.25) is 11.8 Å². The number of β-amino-alcohol motifs (C(OH)–C–C–N with tert-alkyl or cyclic N) is 1. The molecule has 5 rings (SSSR count). The van der Waals surface area contributed by atoms with Crippen LogP contribution in [0.1, 0.15) is 54.1 Å². The topological polar surface area (TPSA) is 133 Å². The minimum Gasteiger partial charge on any atom is -0.473 e. The van der Waals surface area contributed by atoms with E-state index in [1.54, 1.807) is 28.8 Å². The van der Waals surface area contributed by atoms with E-state index in [4.69, 9.17) is 9.72 Å². The first-order chi connectivity index (χ1) is 21.3. The van der Waals surface area contributed by atoms with E-state index in [1.807, 2.05) is 36.5 Å². The molecule has 0 spiro atoms. The van der Waals surface area contributed by atoms with Crippen LogP contribution in [0.25, 0.3) is 5.65 Å². The molecule has 4 N–H and O–H groups in total. The van der Waals surface area contributed by atoms with E-state index >= 15 is 0 Å². The Bertz CT molecular complexity index is 1630. The van der Waals surface area contributed by atoms with Crippen molar-refractivity contribution in [2.24, 2.45) is 0 Å². The Hall–Kier alpha value is -4.74. The molecule has 4 aromatic rings. The number of amides is 2. The number of nitrogens with zero attached hydrogens (tertiary/aromatic N) is 4. The fourth-order valence-corrected chi connectivity index (χ4v) is 5.26. The van der Waals surface area contributed by atoms with Crippen LogP contribution in [0.5, 0.6) is 5.88 Å². The summed E-state index contributed by atoms with van der Waals surface area (Å²) >= 11 is 0. The molecule has 11 heteroatoms. The first kappa shape index (κ1) is 30.7. The largest absolute Gasteiger partial charge is 0.473 e. The summed E-state index contributed by atoms with van der Waals surface area (Å²) in [6.07, 6.45) is 4.95. The van der Waals surface area contributed by atoms with Crippen LogP contribution in [0.3, 0.4) is 0 Å². The van der Waals surface area contributed by atoms with E-state index in [0.717, 1.165) is 48.5 Å². The molecule has 2 aromatic heterocycles. The number of likely N-dealkylation sites (tertiary alicyclic amines) is 1. The van der Waals surface area contributed by atoms with Crippen LogP contribution in [0.4, 0.5) is 17.2 Å². The monoisotopic (exact) mass is 597 g/mol. The molecule has 0 unspecified atom stereocenters. The maximum atomic E-state index is 13.0. The highest BCUT2D eigenvalue weighted by Gasteiger charge is 2.23. The third-order valence-electron chi connectivity index (χ3n) is 7.50. The molecule has 1 aliphatic heterocycles. The van der Waals surface area contributed by atoms with Crippen LogP contribution in [0, 0.1) is 0 Å². The minimum atomic E-state index is -0.345. The van der Waals surface area contributed by atoms with Crippen LogP contribution >= 0.6 is 0 Å². The van der Waals surface area contributed by atoms with Crippen molar-refractivity contribution in [2.45, 2.75) is 45.3 Å². The number of aliphatic hydroxyl groups excluding tert-OH is 1. The number of fused-ring (bicyclic) bond motifs is 1. The Morgan fingerprint density at radius 1 is 1.14 bits per heavy atom. The molecule has 3 heterocycles. The molecule has 2 aromatic carbocycles. The lowest BCUT2D eigenvalue weighted by molar-refractivity contribution is -0.111. The van der Waals surface area contributed by atoms with Crippen LogP contribution in [0.2, 0.25) is 0 Å². The quantitative estimate of drug-likeness (QED) is 0.173. The number of aromatic nitrogens is 3. The molecule has 1 saturated heterocycles. The molecule has 0 aliphatic carbocycles. The van der Waals surface area contributed by atoms with Gasteiger partial charge in [0, 0.05) is 48.2 Å². The predicted octanol–water partition coefficient (Wildman–Crippen LogP) is 4.68. The number of ether oxygens (including phenoxy) is 1. The molecule has 11 nitrogen and oxygen atoms in total. The SMILES string of the molecule is C=CC(=O)Nc1cccc(C(=O)Nc2cccc(CNc3cc(O[C@@H]4CCCN(CCO)C4)nc4c(C(C)C)cnn34)c2)c1. The molecule has 0 radical (unpaired) electrons. The number of piperidine rings is 1. The maximum absolute atomic E-state index is 13.0. The van der Waals surface area contributed by atoms with Crippen LogP contribution in [0.15, 0.2) is 73.4 Å². The summed E-state index contributed by atoms with van der Waals surface area (Å²) in [5, 5.41) is 23.1. The lowest BCUT2D eigenvalue weighted by atomic mass is 10.1. The van der Waals surface area contributed by atoms with Gasteiger partial charge in [0.1, 0.15) is 11.9 Å². The number of hydrogen-bond acceptors (Lipinski definition) is 8. The second-order valence-electron chi connectivity index (χ2n) is 11.2. The summed E-state index contributed by atoms with van der Waals surface area (Å²) < 4.78 is 8.18.